The molecule has 42 heavy (non-hydrogen) atoms. The van der Waals surface area contributed by atoms with Gasteiger partial charge in [-0.15, -0.1) is 34.9 Å². The van der Waals surface area contributed by atoms with Crippen LogP contribution in [-0.2, 0) is 30.3 Å². The Hall–Kier alpha value is -3.13. The Balaban J connectivity index is 0.000000476. The number of hydrogen-bond donors (Lipinski definition) is 1. The average Bonchev–Trinajstić information content (AvgIpc) is 2.94. The molecule has 0 aliphatic heterocycles. The zero-order chi connectivity index (χ0) is 30.7. The molecule has 0 saturated carbocycles. The molecule has 227 valence electrons. The molecule has 6 heteroatoms. The molecule has 0 aliphatic carbocycles. The van der Waals surface area contributed by atoms with Gasteiger partial charge in [-0.25, -0.2) is 0 Å². The molecule has 0 atom stereocenters. The second-order valence-electron chi connectivity index (χ2n) is 11.6. The number of carbonyl (C=O) groups is 1. The molecule has 2 aromatic carbocycles. The molecule has 0 aliphatic rings. The van der Waals surface area contributed by atoms with E-state index in [2.05, 4.69) is 56.9 Å². The summed E-state index contributed by atoms with van der Waals surface area (Å²) in [6, 6.07) is 17.3. The molecule has 0 saturated heterocycles. The van der Waals surface area contributed by atoms with E-state index in [0.29, 0.717) is 5.56 Å². The molecule has 1 radical (unpaired) electrons. The van der Waals surface area contributed by atoms with Crippen LogP contribution in [0.2, 0.25) is 0 Å². The van der Waals surface area contributed by atoms with Crippen molar-refractivity contribution >= 4 is 5.78 Å². The topological polar surface area (TPSA) is 86.9 Å². The summed E-state index contributed by atoms with van der Waals surface area (Å²) in [5, 5.41) is 18.7. The second-order valence-corrected chi connectivity index (χ2v) is 11.6. The van der Waals surface area contributed by atoms with E-state index in [1.165, 1.54) is 11.6 Å². The number of hydrogen-bond acceptors (Lipinski definition) is 5. The first-order chi connectivity index (χ1) is 19.4. The summed E-state index contributed by atoms with van der Waals surface area (Å²) in [7, 11) is 0. The Kier molecular flexibility index (Phi) is 15.0. The normalized spacial score (nSPS) is 11.4. The molecular weight excluding hydrogens is 699 g/mol. The largest absolute Gasteiger partial charge is 0.512 e. The first-order valence-corrected chi connectivity index (χ1v) is 14.7. The first-order valence-electron chi connectivity index (χ1n) is 14.7. The number of aryl methyl sites for hydroxylation is 2. The number of aliphatic hydroxyl groups is 1. The maximum absolute atomic E-state index is 11.7. The van der Waals surface area contributed by atoms with Gasteiger partial charge >= 0.3 is 0 Å². The fourth-order valence-electron chi connectivity index (χ4n) is 4.66. The first kappa shape index (κ1) is 36.9. The summed E-state index contributed by atoms with van der Waals surface area (Å²) in [5.41, 5.74) is 7.54. The summed E-state index contributed by atoms with van der Waals surface area (Å²) >= 11 is 0. The molecule has 0 bridgehead atoms. The third-order valence-corrected chi connectivity index (χ3v) is 7.46. The Labute approximate surface area is 266 Å². The molecule has 1 N–H and O–H groups in total. The number of aliphatic hydroxyl groups excluding tert-OH is 1. The summed E-state index contributed by atoms with van der Waals surface area (Å²) in [4.78, 5) is 21.1. The van der Waals surface area contributed by atoms with Gasteiger partial charge < -0.3 is 10.1 Å². The number of carbonyl (C=O) groups excluding carboxylic acids is 1. The third-order valence-electron chi connectivity index (χ3n) is 7.46. The van der Waals surface area contributed by atoms with Crippen molar-refractivity contribution in [1.29, 1.82) is 5.26 Å². The minimum absolute atomic E-state index is 0. The number of ketones is 1. The van der Waals surface area contributed by atoms with Gasteiger partial charge in [0, 0.05) is 61.2 Å². The molecule has 3 aromatic rings. The minimum atomic E-state index is 0. The van der Waals surface area contributed by atoms with Crippen LogP contribution in [0.4, 0.5) is 0 Å². The van der Waals surface area contributed by atoms with Gasteiger partial charge in [0.25, 0.3) is 0 Å². The predicted octanol–water partition coefficient (Wildman–Crippen LogP) is 9.26. The predicted molar refractivity (Wildman–Crippen MR) is 168 cm³/mol. The Morgan fingerprint density at radius 3 is 2.05 bits per heavy atom. The molecule has 1 heterocycles. The van der Waals surface area contributed by atoms with Gasteiger partial charge in [0.2, 0.25) is 0 Å². The number of aromatic nitrogens is 2. The number of rotatable bonds is 9. The molecule has 5 nitrogen and oxygen atoms in total. The van der Waals surface area contributed by atoms with Crippen LogP contribution in [0.25, 0.3) is 22.5 Å². The van der Waals surface area contributed by atoms with E-state index in [-0.39, 0.29) is 48.9 Å². The SMILES string of the molecule is CCC(CC)C(=O)/C=C(\O)C(CC)CC.Cc1[c-]c(-c2ncc(-c3ccc(C#N)cc3)nc2C)cc(C(C)(C)C)c1.[Ir]. The molecular formula is C36H46IrN3O2-. The van der Waals surface area contributed by atoms with E-state index >= 15 is 0 Å². The van der Waals surface area contributed by atoms with Crippen LogP contribution < -0.4 is 0 Å². The van der Waals surface area contributed by atoms with Gasteiger partial charge in [-0.1, -0.05) is 67.5 Å². The number of nitrogens with zero attached hydrogens (tertiary/aromatic N) is 3. The Morgan fingerprint density at radius 2 is 1.57 bits per heavy atom. The zero-order valence-corrected chi connectivity index (χ0v) is 29.0. The van der Waals surface area contributed by atoms with Crippen molar-refractivity contribution in [2.45, 2.75) is 93.4 Å². The monoisotopic (exact) mass is 745 g/mol. The maximum Gasteiger partial charge on any atom is 0.162 e. The van der Waals surface area contributed by atoms with Crippen molar-refractivity contribution in [2.24, 2.45) is 11.8 Å². The van der Waals surface area contributed by atoms with Crippen LogP contribution >= 0.6 is 0 Å². The van der Waals surface area contributed by atoms with E-state index in [1.807, 2.05) is 46.8 Å². The van der Waals surface area contributed by atoms with Gasteiger partial charge in [-0.05, 0) is 50.2 Å². The van der Waals surface area contributed by atoms with E-state index in [9.17, 15) is 9.90 Å². The smallest absolute Gasteiger partial charge is 0.162 e. The van der Waals surface area contributed by atoms with Crippen molar-refractivity contribution in [1.82, 2.24) is 9.97 Å². The zero-order valence-electron chi connectivity index (χ0n) is 26.6. The van der Waals surface area contributed by atoms with Crippen LogP contribution in [0.3, 0.4) is 0 Å². The molecule has 3 rings (SSSR count). The third kappa shape index (κ3) is 10.3. The fraction of sp³-hybridized carbons (Fsp3) is 0.444. The number of allylic oxidation sites excluding steroid dienone is 2. The van der Waals surface area contributed by atoms with E-state index < -0.39 is 0 Å². The second kappa shape index (κ2) is 17.1. The Morgan fingerprint density at radius 1 is 1.00 bits per heavy atom. The Bertz CT molecular complexity index is 1370. The summed E-state index contributed by atoms with van der Waals surface area (Å²) in [5.74, 6) is 0.547. The summed E-state index contributed by atoms with van der Waals surface area (Å²) < 4.78 is 0. The molecule has 0 fully saturated rings. The van der Waals surface area contributed by atoms with Crippen molar-refractivity contribution in [3.63, 3.8) is 0 Å². The van der Waals surface area contributed by atoms with Crippen molar-refractivity contribution in [3.8, 4) is 28.6 Å². The van der Waals surface area contributed by atoms with Crippen molar-refractivity contribution < 1.29 is 30.0 Å². The number of nitriles is 1. The molecule has 0 amide bonds. The number of benzene rings is 2. The van der Waals surface area contributed by atoms with E-state index in [1.54, 1.807) is 18.3 Å². The van der Waals surface area contributed by atoms with E-state index in [0.717, 1.165) is 59.5 Å². The molecule has 0 unspecified atom stereocenters. The molecule has 0 spiro atoms. The fourth-order valence-corrected chi connectivity index (χ4v) is 4.66. The van der Waals surface area contributed by atoms with Gasteiger partial charge in [0.1, 0.15) is 0 Å². The molecule has 1 aromatic heterocycles. The van der Waals surface area contributed by atoms with Gasteiger partial charge in [0.05, 0.1) is 23.1 Å². The van der Waals surface area contributed by atoms with Crippen LogP contribution in [0.5, 0.6) is 0 Å². The van der Waals surface area contributed by atoms with Gasteiger partial charge in [0.15, 0.2) is 5.78 Å². The van der Waals surface area contributed by atoms with Gasteiger partial charge in [-0.3, -0.25) is 9.78 Å². The minimum Gasteiger partial charge on any atom is -0.512 e. The van der Waals surface area contributed by atoms with Gasteiger partial charge in [-0.2, -0.15) is 5.26 Å². The summed E-state index contributed by atoms with van der Waals surface area (Å²) in [6.45, 7) is 18.7. The average molecular weight is 745 g/mol. The van der Waals surface area contributed by atoms with Crippen LogP contribution in [-0.4, -0.2) is 20.9 Å². The summed E-state index contributed by atoms with van der Waals surface area (Å²) in [6.07, 6.45) is 6.69. The van der Waals surface area contributed by atoms with Crippen LogP contribution in [0, 0.1) is 43.1 Å². The quantitative estimate of drug-likeness (QED) is 0.134. The standard InChI is InChI=1S/C23H22N3.C13H24O2.Ir/c1-15-10-19(12-20(11-15)23(3,4)5)22-16(2)26-21(14-25-22)18-8-6-17(13-24)7-9-18;1-5-10(6-2)12(14)9-13(15)11(7-3)8-4;/h6-9,11-12,14H,1-5H3;9-11,14H,5-8H2,1-4H3;/q-1;;/b;12-9-;. The van der Waals surface area contributed by atoms with Crippen LogP contribution in [0.15, 0.2) is 54.4 Å². The van der Waals surface area contributed by atoms with Crippen LogP contribution in [0.1, 0.15) is 96.5 Å². The van der Waals surface area contributed by atoms with Crippen molar-refractivity contribution in [2.75, 3.05) is 0 Å². The van der Waals surface area contributed by atoms with E-state index in [4.69, 9.17) is 10.2 Å². The van der Waals surface area contributed by atoms with Crippen molar-refractivity contribution in [3.05, 3.63) is 82.9 Å². The maximum atomic E-state index is 11.7.